The molecular weight excluding hydrogens is 216 g/mol. The Balaban J connectivity index is 2.76. The maximum atomic E-state index is 10.7. The van der Waals surface area contributed by atoms with Crippen LogP contribution < -0.4 is 15.1 Å². The predicted octanol–water partition coefficient (Wildman–Crippen LogP) is -0.133. The summed E-state index contributed by atoms with van der Waals surface area (Å²) in [5.74, 6) is 0.0819. The van der Waals surface area contributed by atoms with Crippen molar-refractivity contribution in [2.45, 2.75) is 0 Å². The first kappa shape index (κ1) is 11.5. The van der Waals surface area contributed by atoms with Crippen LogP contribution in [-0.4, -0.2) is 16.6 Å². The third kappa shape index (κ3) is 3.22. The Kier molecular flexibility index (Phi) is 4.07. The van der Waals surface area contributed by atoms with Crippen molar-refractivity contribution in [1.82, 2.24) is 5.43 Å². The molecule has 0 bridgehead atoms. The van der Waals surface area contributed by atoms with Crippen molar-refractivity contribution in [3.05, 3.63) is 24.0 Å². The van der Waals surface area contributed by atoms with Gasteiger partial charge in [0.25, 0.3) is 5.69 Å². The normalized spacial score (nSPS) is 10.5. The summed E-state index contributed by atoms with van der Waals surface area (Å²) in [6.45, 7) is 0. The number of nitrogens with zero attached hydrogens (tertiary/aromatic N) is 2. The van der Waals surface area contributed by atoms with Crippen molar-refractivity contribution in [2.75, 3.05) is 0 Å². The molecule has 0 saturated carbocycles. The van der Waals surface area contributed by atoms with Crippen LogP contribution in [0.2, 0.25) is 0 Å². The average Bonchev–Trinajstić information content (AvgIpc) is 2.22. The topological polar surface area (TPSA) is 91.6 Å². The van der Waals surface area contributed by atoms with E-state index in [1.54, 1.807) is 23.9 Å². The molecule has 6 nitrogen and oxygen atoms in total. The van der Waals surface area contributed by atoms with E-state index in [9.17, 15) is 9.90 Å². The van der Waals surface area contributed by atoms with Crippen LogP contribution in [0, 0.1) is 0 Å². The van der Waals surface area contributed by atoms with E-state index >= 15 is 0 Å². The molecule has 0 fully saturated rings. The number of hydrogen-bond acceptors (Lipinski definition) is 5. The largest absolute Gasteiger partial charge is 0.502 e. The third-order valence-electron chi connectivity index (χ3n) is 1.66. The fourth-order valence-electron chi connectivity index (χ4n) is 0.939. The number of nitrogens with one attached hydrogen (secondary N) is 1. The van der Waals surface area contributed by atoms with Crippen LogP contribution in [-0.2, 0) is 7.05 Å². The zero-order valence-electron chi connectivity index (χ0n) is 8.04. The number of aryl methyl sites for hydroxylation is 1. The number of carbonyl (C=O) groups is 1. The third-order valence-corrected chi connectivity index (χ3v) is 1.96. The van der Waals surface area contributed by atoms with E-state index in [1.165, 1.54) is 12.3 Å². The molecule has 0 aliphatic carbocycles. The number of carbonyl (C=O) groups excluding carboxylic acids is 1. The number of nitrogens with two attached hydrogens (primary N) is 1. The minimum absolute atomic E-state index is 0.0819. The predicted molar refractivity (Wildman–Crippen MR) is 57.2 cm³/mol. The Bertz CT molecular complexity index is 374. The second-order valence-electron chi connectivity index (χ2n) is 2.66. The van der Waals surface area contributed by atoms with Gasteiger partial charge in [-0.3, -0.25) is 9.93 Å². The van der Waals surface area contributed by atoms with E-state index in [-0.39, 0.29) is 5.75 Å². The molecule has 4 N–H and O–H groups in total. The molecule has 0 spiro atoms. The smallest absolute Gasteiger partial charge is 0.313 e. The van der Waals surface area contributed by atoms with Crippen molar-refractivity contribution in [3.8, 4) is 5.75 Å². The first-order chi connectivity index (χ1) is 7.15. The second-order valence-corrected chi connectivity index (χ2v) is 3.27. The zero-order chi connectivity index (χ0) is 11.3. The molecule has 0 radical (unpaired) electrons. The monoisotopic (exact) mass is 227 g/mol. The molecule has 15 heavy (non-hydrogen) atoms. The highest BCUT2D eigenvalue weighted by atomic mass is 32.2. The van der Waals surface area contributed by atoms with E-state index < -0.39 is 5.24 Å². The second kappa shape index (κ2) is 5.32. The van der Waals surface area contributed by atoms with Gasteiger partial charge in [-0.1, -0.05) is 0 Å². The van der Waals surface area contributed by atoms with Gasteiger partial charge in [-0.2, -0.15) is 9.67 Å². The van der Waals surface area contributed by atoms with E-state index in [1.807, 2.05) is 0 Å². The Morgan fingerprint density at radius 2 is 2.53 bits per heavy atom. The molecule has 7 heteroatoms. The molecule has 0 unspecified atom stereocenters. The van der Waals surface area contributed by atoms with Crippen LogP contribution in [0.4, 0.5) is 4.79 Å². The molecule has 1 aromatic heterocycles. The van der Waals surface area contributed by atoms with Crippen LogP contribution in [0.5, 0.6) is 5.75 Å². The number of amides is 1. The average molecular weight is 227 g/mol. The summed E-state index contributed by atoms with van der Waals surface area (Å²) in [5, 5.41) is 17.6. The standard InChI is InChI=1S/C8H10N4O2S/c1-12-4-2-3-7(13)6(12)5-10-11-8(14)15-9/h2-5,13H,9H2,1H3/p+1. The van der Waals surface area contributed by atoms with Crippen molar-refractivity contribution in [3.63, 3.8) is 0 Å². The summed E-state index contributed by atoms with van der Waals surface area (Å²) in [6, 6.07) is 3.22. The van der Waals surface area contributed by atoms with Gasteiger partial charge in [-0.05, 0) is 6.07 Å². The van der Waals surface area contributed by atoms with E-state index in [4.69, 9.17) is 5.14 Å². The van der Waals surface area contributed by atoms with Gasteiger partial charge in [-0.25, -0.2) is 5.43 Å². The molecule has 1 amide bonds. The maximum Gasteiger partial charge on any atom is 0.313 e. The summed E-state index contributed by atoms with van der Waals surface area (Å²) in [4.78, 5) is 10.7. The van der Waals surface area contributed by atoms with Gasteiger partial charge >= 0.3 is 5.24 Å². The first-order valence-electron chi connectivity index (χ1n) is 4.02. The first-order valence-corrected chi connectivity index (χ1v) is 4.90. The lowest BCUT2D eigenvalue weighted by Crippen LogP contribution is -2.33. The van der Waals surface area contributed by atoms with Crippen LogP contribution in [0.3, 0.4) is 0 Å². The molecule has 0 aliphatic rings. The highest BCUT2D eigenvalue weighted by molar-refractivity contribution is 8.11. The quantitative estimate of drug-likeness (QED) is 0.284. The van der Waals surface area contributed by atoms with Gasteiger partial charge in [0.1, 0.15) is 13.3 Å². The number of aromatic nitrogens is 1. The Labute approximate surface area is 90.9 Å². The van der Waals surface area contributed by atoms with Gasteiger partial charge in [0.05, 0.1) is 0 Å². The summed E-state index contributed by atoms with van der Waals surface area (Å²) in [7, 11) is 1.75. The van der Waals surface area contributed by atoms with E-state index in [0.717, 1.165) is 0 Å². The minimum atomic E-state index is -0.468. The summed E-state index contributed by atoms with van der Waals surface area (Å²) in [6.07, 6.45) is 3.09. The minimum Gasteiger partial charge on any atom is -0.502 e. The molecule has 0 atom stereocenters. The van der Waals surface area contributed by atoms with Crippen molar-refractivity contribution in [2.24, 2.45) is 17.3 Å². The molecule has 0 saturated heterocycles. The maximum absolute atomic E-state index is 10.7. The Morgan fingerprint density at radius 3 is 3.13 bits per heavy atom. The fourth-order valence-corrected chi connectivity index (χ4v) is 1.04. The molecule has 80 valence electrons. The lowest BCUT2D eigenvalue weighted by Gasteiger charge is -1.96. The van der Waals surface area contributed by atoms with Crippen LogP contribution in [0.25, 0.3) is 0 Å². The van der Waals surface area contributed by atoms with Crippen molar-refractivity contribution >= 4 is 23.4 Å². The summed E-state index contributed by atoms with van der Waals surface area (Å²) >= 11 is 0.535. The fraction of sp³-hybridized carbons (Fsp3) is 0.125. The van der Waals surface area contributed by atoms with Crippen LogP contribution in [0.1, 0.15) is 5.69 Å². The molecule has 1 rings (SSSR count). The van der Waals surface area contributed by atoms with Gasteiger partial charge in [0.15, 0.2) is 11.9 Å². The number of hydrazone groups is 1. The molecular formula is C8H11N4O2S+. The van der Waals surface area contributed by atoms with Crippen LogP contribution in [0.15, 0.2) is 23.4 Å². The van der Waals surface area contributed by atoms with Crippen molar-refractivity contribution < 1.29 is 14.5 Å². The van der Waals surface area contributed by atoms with Crippen molar-refractivity contribution in [1.29, 1.82) is 0 Å². The lowest BCUT2D eigenvalue weighted by molar-refractivity contribution is -0.672. The summed E-state index contributed by atoms with van der Waals surface area (Å²) in [5.41, 5.74) is 2.67. The van der Waals surface area contributed by atoms with Gasteiger partial charge in [-0.15, -0.1) is 0 Å². The SMILES string of the molecule is C[n+]1cccc(O)c1/C=N/NC(=O)SN. The Hall–Kier alpha value is -1.60. The molecule has 0 aliphatic heterocycles. The Morgan fingerprint density at radius 1 is 1.80 bits per heavy atom. The summed E-state index contributed by atoms with van der Waals surface area (Å²) < 4.78 is 1.67. The highest BCUT2D eigenvalue weighted by Crippen LogP contribution is 2.07. The molecule has 1 aromatic rings. The van der Waals surface area contributed by atoms with E-state index in [2.05, 4.69) is 10.5 Å². The van der Waals surface area contributed by atoms with Gasteiger partial charge in [0.2, 0.25) is 0 Å². The number of pyridine rings is 1. The number of hydrogen-bond donors (Lipinski definition) is 3. The molecule has 1 heterocycles. The van der Waals surface area contributed by atoms with Gasteiger partial charge < -0.3 is 5.11 Å². The van der Waals surface area contributed by atoms with E-state index in [0.29, 0.717) is 17.6 Å². The lowest BCUT2D eigenvalue weighted by atomic mass is 10.3. The number of aromatic hydroxyl groups is 1. The highest BCUT2D eigenvalue weighted by Gasteiger charge is 2.08. The zero-order valence-corrected chi connectivity index (χ0v) is 8.86. The van der Waals surface area contributed by atoms with Crippen LogP contribution >= 0.6 is 11.9 Å². The number of rotatable bonds is 2. The molecule has 0 aromatic carbocycles. The van der Waals surface area contributed by atoms with Gasteiger partial charge in [0, 0.05) is 18.0 Å².